The minimum absolute atomic E-state index is 0.0262. The summed E-state index contributed by atoms with van der Waals surface area (Å²) in [6, 6.07) is 0. The maximum absolute atomic E-state index is 11.8. The quantitative estimate of drug-likeness (QED) is 0.505. The third-order valence-electron chi connectivity index (χ3n) is 2.89. The molecule has 0 spiro atoms. The number of aliphatic hydroxyl groups excluding tert-OH is 1. The first kappa shape index (κ1) is 10.1. The first-order valence-electron chi connectivity index (χ1n) is 4.93. The molecule has 0 fully saturated rings. The van der Waals surface area contributed by atoms with Crippen LogP contribution in [0.15, 0.2) is 22.8 Å². The van der Waals surface area contributed by atoms with Gasteiger partial charge < -0.3 is 5.11 Å². The molecule has 1 N–H and O–H groups in total. The molecule has 4 nitrogen and oxygen atoms in total. The summed E-state index contributed by atoms with van der Waals surface area (Å²) < 4.78 is 0. The van der Waals surface area contributed by atoms with Crippen LogP contribution in [0.4, 0.5) is 0 Å². The van der Waals surface area contributed by atoms with E-state index in [0.717, 1.165) is 10.5 Å². The van der Waals surface area contributed by atoms with E-state index in [0.29, 0.717) is 17.6 Å². The number of amides is 2. The molecule has 0 bridgehead atoms. The fraction of sp³-hybridized carbons (Fsp3) is 0.455. The van der Waals surface area contributed by atoms with Gasteiger partial charge in [-0.1, -0.05) is 18.6 Å². The molecular formula is C11H13NO3. The predicted molar refractivity (Wildman–Crippen MR) is 53.5 cm³/mol. The Bertz CT molecular complexity index is 406. The van der Waals surface area contributed by atoms with Crippen LogP contribution in [-0.2, 0) is 9.59 Å². The van der Waals surface area contributed by atoms with E-state index in [1.165, 1.54) is 0 Å². The molecule has 2 rings (SSSR count). The number of carbonyl (C=O) groups is 2. The fourth-order valence-electron chi connectivity index (χ4n) is 2.26. The van der Waals surface area contributed by atoms with Crippen LogP contribution in [0.1, 0.15) is 20.3 Å². The Morgan fingerprint density at radius 1 is 1.47 bits per heavy atom. The van der Waals surface area contributed by atoms with E-state index in [1.54, 1.807) is 0 Å². The number of hydrogen-bond acceptors (Lipinski definition) is 3. The lowest BCUT2D eigenvalue weighted by atomic mass is 9.87. The monoisotopic (exact) mass is 207 g/mol. The summed E-state index contributed by atoms with van der Waals surface area (Å²) in [7, 11) is 0. The minimum Gasteiger partial charge on any atom is -0.376 e. The second-order valence-corrected chi connectivity index (χ2v) is 4.05. The van der Waals surface area contributed by atoms with Crippen molar-refractivity contribution in [2.45, 2.75) is 20.3 Å². The molecule has 1 heterocycles. The van der Waals surface area contributed by atoms with Crippen LogP contribution in [0.3, 0.4) is 0 Å². The van der Waals surface area contributed by atoms with Crippen LogP contribution in [0.25, 0.3) is 0 Å². The molecular weight excluding hydrogens is 194 g/mol. The van der Waals surface area contributed by atoms with Crippen molar-refractivity contribution in [2.75, 3.05) is 6.73 Å². The zero-order chi connectivity index (χ0) is 11.2. The van der Waals surface area contributed by atoms with Gasteiger partial charge in [-0.3, -0.25) is 14.5 Å². The van der Waals surface area contributed by atoms with E-state index >= 15 is 0 Å². The third-order valence-corrected chi connectivity index (χ3v) is 2.89. The summed E-state index contributed by atoms with van der Waals surface area (Å²) >= 11 is 0. The van der Waals surface area contributed by atoms with Gasteiger partial charge in [-0.25, -0.2) is 0 Å². The fourth-order valence-corrected chi connectivity index (χ4v) is 2.26. The van der Waals surface area contributed by atoms with E-state index in [4.69, 9.17) is 5.11 Å². The topological polar surface area (TPSA) is 57.6 Å². The summed E-state index contributed by atoms with van der Waals surface area (Å²) in [4.78, 5) is 24.4. The highest BCUT2D eigenvalue weighted by atomic mass is 16.3. The highest BCUT2D eigenvalue weighted by molar-refractivity contribution is 6.20. The molecule has 0 aromatic carbocycles. The smallest absolute Gasteiger partial charge is 0.259 e. The molecule has 1 aliphatic heterocycles. The van der Waals surface area contributed by atoms with Gasteiger partial charge >= 0.3 is 0 Å². The average Bonchev–Trinajstić information content (AvgIpc) is 2.39. The van der Waals surface area contributed by atoms with Crippen molar-refractivity contribution in [3.63, 3.8) is 0 Å². The molecule has 0 radical (unpaired) electrons. The summed E-state index contributed by atoms with van der Waals surface area (Å²) in [5.74, 6) is -0.702. The van der Waals surface area contributed by atoms with Crippen molar-refractivity contribution >= 4 is 11.8 Å². The molecule has 15 heavy (non-hydrogen) atoms. The van der Waals surface area contributed by atoms with Gasteiger partial charge in [0.25, 0.3) is 11.8 Å². The largest absolute Gasteiger partial charge is 0.376 e. The van der Waals surface area contributed by atoms with Crippen LogP contribution in [0, 0.1) is 5.92 Å². The molecule has 0 aromatic rings. The van der Waals surface area contributed by atoms with Crippen molar-refractivity contribution in [1.29, 1.82) is 0 Å². The Morgan fingerprint density at radius 2 is 2.13 bits per heavy atom. The average molecular weight is 207 g/mol. The van der Waals surface area contributed by atoms with Crippen molar-refractivity contribution < 1.29 is 14.7 Å². The van der Waals surface area contributed by atoms with Gasteiger partial charge in [0.05, 0.1) is 0 Å². The number of rotatable bonds is 1. The minimum atomic E-state index is -0.531. The molecule has 0 saturated carbocycles. The van der Waals surface area contributed by atoms with E-state index in [1.807, 2.05) is 19.9 Å². The van der Waals surface area contributed by atoms with Gasteiger partial charge in [-0.2, -0.15) is 0 Å². The van der Waals surface area contributed by atoms with Crippen LogP contribution in [-0.4, -0.2) is 28.6 Å². The molecule has 0 saturated heterocycles. The first-order valence-corrected chi connectivity index (χ1v) is 4.93. The number of imide groups is 1. The Labute approximate surface area is 87.9 Å². The second-order valence-electron chi connectivity index (χ2n) is 4.05. The Morgan fingerprint density at radius 3 is 2.73 bits per heavy atom. The van der Waals surface area contributed by atoms with Gasteiger partial charge in [-0.15, -0.1) is 0 Å². The standard InChI is InChI=1S/C11H13NO3/c1-6-3-7(2)9-8(4-6)10(14)12(5-13)11(9)15/h3,7,13H,4-5H2,1-2H3. The van der Waals surface area contributed by atoms with Crippen LogP contribution >= 0.6 is 0 Å². The number of allylic oxidation sites excluding steroid dienone is 2. The second kappa shape index (κ2) is 3.31. The first-order chi connectivity index (χ1) is 7.06. The Balaban J connectivity index is 2.43. The van der Waals surface area contributed by atoms with Gasteiger partial charge in [0.1, 0.15) is 6.73 Å². The SMILES string of the molecule is CC1=CC(C)C2=C(C1)C(=O)N(CO)C2=O. The van der Waals surface area contributed by atoms with Gasteiger partial charge in [0, 0.05) is 17.1 Å². The van der Waals surface area contributed by atoms with Crippen molar-refractivity contribution in [3.05, 3.63) is 22.8 Å². The van der Waals surface area contributed by atoms with Crippen molar-refractivity contribution in [2.24, 2.45) is 5.92 Å². The predicted octanol–water partition coefficient (Wildman–Crippen LogP) is 0.588. The van der Waals surface area contributed by atoms with Gasteiger partial charge in [0.15, 0.2) is 0 Å². The molecule has 0 aromatic heterocycles. The van der Waals surface area contributed by atoms with Crippen LogP contribution in [0.2, 0.25) is 0 Å². The normalized spacial score (nSPS) is 25.9. The molecule has 80 valence electrons. The Kier molecular flexibility index (Phi) is 2.23. The highest BCUT2D eigenvalue weighted by Gasteiger charge is 2.40. The number of carbonyl (C=O) groups excluding carboxylic acids is 2. The van der Waals surface area contributed by atoms with Crippen molar-refractivity contribution in [3.8, 4) is 0 Å². The third kappa shape index (κ3) is 1.33. The zero-order valence-electron chi connectivity index (χ0n) is 8.78. The summed E-state index contributed by atoms with van der Waals surface area (Å²) in [5.41, 5.74) is 2.21. The number of nitrogens with zero attached hydrogens (tertiary/aromatic N) is 1. The van der Waals surface area contributed by atoms with Crippen LogP contribution < -0.4 is 0 Å². The van der Waals surface area contributed by atoms with Gasteiger partial charge in [0.2, 0.25) is 0 Å². The number of hydrogen-bond donors (Lipinski definition) is 1. The lowest BCUT2D eigenvalue weighted by molar-refractivity contribution is -0.141. The lowest BCUT2D eigenvalue weighted by Gasteiger charge is -2.15. The van der Waals surface area contributed by atoms with E-state index in [9.17, 15) is 9.59 Å². The number of aliphatic hydroxyl groups is 1. The Hall–Kier alpha value is -1.42. The molecule has 2 amide bonds. The highest BCUT2D eigenvalue weighted by Crippen LogP contribution is 2.35. The molecule has 1 aliphatic carbocycles. The van der Waals surface area contributed by atoms with Crippen LogP contribution in [0.5, 0.6) is 0 Å². The molecule has 1 atom stereocenters. The van der Waals surface area contributed by atoms with E-state index in [2.05, 4.69) is 0 Å². The molecule has 2 aliphatic rings. The maximum Gasteiger partial charge on any atom is 0.259 e. The molecule has 4 heteroatoms. The van der Waals surface area contributed by atoms with Crippen molar-refractivity contribution in [1.82, 2.24) is 4.90 Å². The summed E-state index contributed by atoms with van der Waals surface area (Å²) in [6.07, 6.45) is 2.52. The lowest BCUT2D eigenvalue weighted by Crippen LogP contribution is -2.32. The van der Waals surface area contributed by atoms with Gasteiger partial charge in [-0.05, 0) is 13.3 Å². The summed E-state index contributed by atoms with van der Waals surface area (Å²) in [6.45, 7) is 3.31. The zero-order valence-corrected chi connectivity index (χ0v) is 8.78. The summed E-state index contributed by atoms with van der Waals surface area (Å²) in [5, 5.41) is 8.95. The maximum atomic E-state index is 11.8. The van der Waals surface area contributed by atoms with E-state index < -0.39 is 6.73 Å². The molecule has 1 unspecified atom stereocenters. The van der Waals surface area contributed by atoms with E-state index in [-0.39, 0.29) is 17.7 Å².